The molecule has 1 N–H and O–H groups in total. The van der Waals surface area contributed by atoms with Gasteiger partial charge in [0.1, 0.15) is 11.9 Å². The second-order valence-corrected chi connectivity index (χ2v) is 2.82. The van der Waals surface area contributed by atoms with E-state index in [-0.39, 0.29) is 11.3 Å². The molecule has 80 valence electrons. The summed E-state index contributed by atoms with van der Waals surface area (Å²) in [6.45, 7) is 3.34. The number of rotatable bonds is 3. The summed E-state index contributed by atoms with van der Waals surface area (Å²) in [5, 5.41) is 9.59. The third kappa shape index (κ3) is 2.60. The summed E-state index contributed by atoms with van der Waals surface area (Å²) < 4.78 is 17.1. The fourth-order valence-electron chi connectivity index (χ4n) is 0.992. The molecule has 1 unspecified atom stereocenters. The van der Waals surface area contributed by atoms with E-state index >= 15 is 0 Å². The van der Waals surface area contributed by atoms with Crippen molar-refractivity contribution in [1.29, 1.82) is 0 Å². The molecule has 1 aromatic rings. The molecule has 0 amide bonds. The zero-order chi connectivity index (χ0) is 11.4. The average Bonchev–Trinajstić information content (AvgIpc) is 2.26. The van der Waals surface area contributed by atoms with Gasteiger partial charge in [-0.1, -0.05) is 6.58 Å². The van der Waals surface area contributed by atoms with Crippen LogP contribution in [0, 0.1) is 5.82 Å². The highest BCUT2D eigenvalue weighted by molar-refractivity contribution is 5.88. The molecule has 0 aliphatic heterocycles. The maximum Gasteiger partial charge on any atom is 0.336 e. The number of aliphatic hydroxyl groups excluding tert-OH is 1. The van der Waals surface area contributed by atoms with Crippen molar-refractivity contribution in [2.45, 2.75) is 6.10 Å². The minimum absolute atomic E-state index is 0.0189. The van der Waals surface area contributed by atoms with Crippen LogP contribution in [-0.4, -0.2) is 23.2 Å². The normalized spacial score (nSPS) is 11.9. The highest BCUT2D eigenvalue weighted by atomic mass is 19.1. The number of hydrogen-bond donors (Lipinski definition) is 1. The summed E-state index contributed by atoms with van der Waals surface area (Å²) in [5.41, 5.74) is -0.166. The predicted octanol–water partition coefficient (Wildman–Crippen LogP) is 0.983. The fourth-order valence-corrected chi connectivity index (χ4v) is 0.992. The third-order valence-corrected chi connectivity index (χ3v) is 1.80. The average molecular weight is 211 g/mol. The highest BCUT2D eigenvalue weighted by Gasteiger charge is 2.20. The first kappa shape index (κ1) is 11.3. The minimum atomic E-state index is -1.35. The number of aliphatic hydroxyl groups is 1. The first-order valence-corrected chi connectivity index (χ1v) is 4.13. The van der Waals surface area contributed by atoms with Crippen LogP contribution in [0.5, 0.6) is 0 Å². The Kier molecular flexibility index (Phi) is 3.51. The second-order valence-electron chi connectivity index (χ2n) is 2.82. The van der Waals surface area contributed by atoms with Crippen LogP contribution in [0.3, 0.4) is 0 Å². The Morgan fingerprint density at radius 3 is 2.93 bits per heavy atom. The molecule has 15 heavy (non-hydrogen) atoms. The molecule has 0 bridgehead atoms. The number of ether oxygens (including phenoxy) is 1. The van der Waals surface area contributed by atoms with Crippen LogP contribution in [0.4, 0.5) is 4.39 Å². The molecule has 5 heteroatoms. The molecule has 4 nitrogen and oxygen atoms in total. The molecule has 1 rings (SSSR count). The van der Waals surface area contributed by atoms with Gasteiger partial charge in [0.05, 0.1) is 18.4 Å². The number of pyridine rings is 1. The molecule has 0 fully saturated rings. The van der Waals surface area contributed by atoms with Crippen molar-refractivity contribution in [2.24, 2.45) is 0 Å². The standard InChI is InChI=1S/C10H10FNO3/c1-6(10(14)15-2)9(13)8-5-7(11)3-4-12-8/h3-5,9,13H,1H2,2H3. The van der Waals surface area contributed by atoms with Gasteiger partial charge < -0.3 is 9.84 Å². The highest BCUT2D eigenvalue weighted by Crippen LogP contribution is 2.19. The molecule has 1 aromatic heterocycles. The molecule has 0 saturated heterocycles. The Hall–Kier alpha value is -1.75. The van der Waals surface area contributed by atoms with Crippen molar-refractivity contribution in [3.05, 3.63) is 42.0 Å². The topological polar surface area (TPSA) is 59.4 Å². The van der Waals surface area contributed by atoms with Crippen molar-refractivity contribution in [2.75, 3.05) is 7.11 Å². The summed E-state index contributed by atoms with van der Waals surface area (Å²) >= 11 is 0. The van der Waals surface area contributed by atoms with Crippen molar-refractivity contribution < 1.29 is 19.0 Å². The van der Waals surface area contributed by atoms with Gasteiger partial charge in [0.15, 0.2) is 0 Å². The Balaban J connectivity index is 2.89. The van der Waals surface area contributed by atoms with Crippen LogP contribution >= 0.6 is 0 Å². The van der Waals surface area contributed by atoms with E-state index in [4.69, 9.17) is 0 Å². The number of aromatic nitrogens is 1. The van der Waals surface area contributed by atoms with Crippen molar-refractivity contribution >= 4 is 5.97 Å². The Bertz CT molecular complexity index is 392. The molecule has 1 heterocycles. The van der Waals surface area contributed by atoms with E-state index < -0.39 is 17.9 Å². The zero-order valence-electron chi connectivity index (χ0n) is 8.11. The van der Waals surface area contributed by atoms with Crippen molar-refractivity contribution in [1.82, 2.24) is 4.98 Å². The number of nitrogens with zero attached hydrogens (tertiary/aromatic N) is 1. The van der Waals surface area contributed by atoms with Gasteiger partial charge in [0.25, 0.3) is 0 Å². The Morgan fingerprint density at radius 2 is 2.40 bits per heavy atom. The number of esters is 1. The lowest BCUT2D eigenvalue weighted by Gasteiger charge is -2.10. The number of methoxy groups -OCH3 is 1. The van der Waals surface area contributed by atoms with Crippen LogP contribution < -0.4 is 0 Å². The number of carbonyl (C=O) groups excluding carboxylic acids is 1. The largest absolute Gasteiger partial charge is 0.466 e. The van der Waals surface area contributed by atoms with Gasteiger partial charge in [-0.25, -0.2) is 9.18 Å². The molecule has 0 aliphatic rings. The first-order chi connectivity index (χ1) is 7.06. The van der Waals surface area contributed by atoms with Crippen LogP contribution in [0.25, 0.3) is 0 Å². The summed E-state index contributed by atoms with van der Waals surface area (Å²) in [6, 6.07) is 2.16. The third-order valence-electron chi connectivity index (χ3n) is 1.80. The van der Waals surface area contributed by atoms with Crippen LogP contribution in [0.15, 0.2) is 30.5 Å². The summed E-state index contributed by atoms with van der Waals surface area (Å²) in [5.74, 6) is -1.30. The quantitative estimate of drug-likeness (QED) is 0.598. The van der Waals surface area contributed by atoms with Gasteiger partial charge in [0, 0.05) is 6.20 Å². The first-order valence-electron chi connectivity index (χ1n) is 4.13. The molecule has 0 aliphatic carbocycles. The van der Waals surface area contributed by atoms with E-state index in [0.717, 1.165) is 12.1 Å². The molecule has 0 saturated carbocycles. The van der Waals surface area contributed by atoms with Gasteiger partial charge in [-0.15, -0.1) is 0 Å². The van der Waals surface area contributed by atoms with Gasteiger partial charge in [-0.2, -0.15) is 0 Å². The minimum Gasteiger partial charge on any atom is -0.466 e. The monoisotopic (exact) mass is 211 g/mol. The SMILES string of the molecule is C=C(C(=O)OC)C(O)c1cc(F)ccn1. The summed E-state index contributed by atoms with van der Waals surface area (Å²) in [7, 11) is 1.17. The predicted molar refractivity (Wildman–Crippen MR) is 50.3 cm³/mol. The molecule has 0 aromatic carbocycles. The van der Waals surface area contributed by atoms with Gasteiger partial charge in [-0.3, -0.25) is 4.98 Å². The van der Waals surface area contributed by atoms with E-state index in [1.165, 1.54) is 13.3 Å². The Morgan fingerprint density at radius 1 is 1.73 bits per heavy atom. The lowest BCUT2D eigenvalue weighted by atomic mass is 10.1. The van der Waals surface area contributed by atoms with E-state index in [0.29, 0.717) is 0 Å². The fraction of sp³-hybridized carbons (Fsp3) is 0.200. The number of halogens is 1. The Labute approximate surface area is 86.0 Å². The zero-order valence-corrected chi connectivity index (χ0v) is 8.11. The molecule has 0 radical (unpaired) electrons. The van der Waals surface area contributed by atoms with Crippen LogP contribution in [0.2, 0.25) is 0 Å². The molecular weight excluding hydrogens is 201 g/mol. The maximum atomic E-state index is 12.8. The summed E-state index contributed by atoms with van der Waals surface area (Å²) in [4.78, 5) is 14.7. The van der Waals surface area contributed by atoms with E-state index in [1.807, 2.05) is 0 Å². The molecule has 0 spiro atoms. The van der Waals surface area contributed by atoms with Gasteiger partial charge in [-0.05, 0) is 12.1 Å². The van der Waals surface area contributed by atoms with E-state index in [9.17, 15) is 14.3 Å². The summed E-state index contributed by atoms with van der Waals surface area (Å²) in [6.07, 6.45) is -0.161. The number of carbonyl (C=O) groups is 1. The van der Waals surface area contributed by atoms with Crippen molar-refractivity contribution in [3.8, 4) is 0 Å². The smallest absolute Gasteiger partial charge is 0.336 e. The van der Waals surface area contributed by atoms with Gasteiger partial charge in [0.2, 0.25) is 0 Å². The maximum absolute atomic E-state index is 12.8. The molecular formula is C10H10FNO3. The van der Waals surface area contributed by atoms with Crippen molar-refractivity contribution in [3.63, 3.8) is 0 Å². The number of hydrogen-bond acceptors (Lipinski definition) is 4. The molecule has 1 atom stereocenters. The van der Waals surface area contributed by atoms with Crippen LogP contribution in [-0.2, 0) is 9.53 Å². The second kappa shape index (κ2) is 4.65. The van der Waals surface area contributed by atoms with Crippen LogP contribution in [0.1, 0.15) is 11.8 Å². The lowest BCUT2D eigenvalue weighted by Crippen LogP contribution is -2.13. The lowest BCUT2D eigenvalue weighted by molar-refractivity contribution is -0.137. The van der Waals surface area contributed by atoms with E-state index in [1.54, 1.807) is 0 Å². The van der Waals surface area contributed by atoms with E-state index in [2.05, 4.69) is 16.3 Å². The van der Waals surface area contributed by atoms with Gasteiger partial charge >= 0.3 is 5.97 Å².